The second-order valence-electron chi connectivity index (χ2n) is 5.36. The molecule has 2 aliphatic heterocycles. The average molecular weight is 316 g/mol. The molecule has 0 saturated carbocycles. The van der Waals surface area contributed by atoms with E-state index in [1.807, 2.05) is 0 Å². The van der Waals surface area contributed by atoms with E-state index < -0.39 is 35.5 Å². The fraction of sp³-hybridized carbons (Fsp3) is 0.267. The number of hydroxylamine groups is 2. The van der Waals surface area contributed by atoms with E-state index >= 15 is 0 Å². The van der Waals surface area contributed by atoms with Crippen LogP contribution in [0.25, 0.3) is 0 Å². The number of imide groups is 2. The van der Waals surface area contributed by atoms with Gasteiger partial charge in [0, 0.05) is 12.8 Å². The summed E-state index contributed by atoms with van der Waals surface area (Å²) in [4.78, 5) is 63.4. The zero-order valence-corrected chi connectivity index (χ0v) is 11.9. The standard InChI is InChI=1S/C15H12N2O6/c18-11-5-8(6-12(19)16-11)7-13(20)23-17-14(21)9-3-1-2-4-10(9)15(17)22/h1-4,8H,5-7H2,(H,16,18,19). The molecule has 1 fully saturated rings. The van der Waals surface area contributed by atoms with Crippen LogP contribution in [0.2, 0.25) is 0 Å². The molecule has 23 heavy (non-hydrogen) atoms. The highest BCUT2D eigenvalue weighted by Gasteiger charge is 2.39. The molecule has 0 spiro atoms. The minimum Gasteiger partial charge on any atom is -0.330 e. The summed E-state index contributed by atoms with van der Waals surface area (Å²) in [5, 5.41) is 2.55. The maximum absolute atomic E-state index is 12.0. The molecule has 4 amide bonds. The van der Waals surface area contributed by atoms with Gasteiger partial charge >= 0.3 is 5.97 Å². The molecule has 1 aromatic rings. The molecule has 8 nitrogen and oxygen atoms in total. The molecular formula is C15H12N2O6. The van der Waals surface area contributed by atoms with Gasteiger partial charge in [0.25, 0.3) is 11.8 Å². The summed E-state index contributed by atoms with van der Waals surface area (Å²) < 4.78 is 0. The van der Waals surface area contributed by atoms with Crippen molar-refractivity contribution in [2.75, 3.05) is 0 Å². The SMILES string of the molecule is O=C1CC(CC(=O)ON2C(=O)c3ccccc3C2=O)CC(=O)N1. The normalized spacial score (nSPS) is 18.0. The lowest BCUT2D eigenvalue weighted by Crippen LogP contribution is -2.40. The van der Waals surface area contributed by atoms with Gasteiger partial charge in [-0.15, -0.1) is 0 Å². The average Bonchev–Trinajstić information content (AvgIpc) is 2.72. The number of rotatable bonds is 3. The number of benzene rings is 1. The number of fused-ring (bicyclic) bond motifs is 1. The highest BCUT2D eigenvalue weighted by molar-refractivity contribution is 6.20. The highest BCUT2D eigenvalue weighted by atomic mass is 16.7. The third-order valence-corrected chi connectivity index (χ3v) is 3.63. The van der Waals surface area contributed by atoms with Crippen molar-refractivity contribution in [2.24, 2.45) is 5.92 Å². The third-order valence-electron chi connectivity index (χ3n) is 3.63. The molecule has 0 atom stereocenters. The fourth-order valence-electron chi connectivity index (χ4n) is 2.62. The van der Waals surface area contributed by atoms with Gasteiger partial charge in [-0.25, -0.2) is 4.79 Å². The van der Waals surface area contributed by atoms with E-state index in [0.717, 1.165) is 0 Å². The first-order valence-electron chi connectivity index (χ1n) is 6.97. The van der Waals surface area contributed by atoms with Crippen LogP contribution < -0.4 is 5.32 Å². The summed E-state index contributed by atoms with van der Waals surface area (Å²) in [6.07, 6.45) is -0.196. The Labute approximate surface area is 130 Å². The van der Waals surface area contributed by atoms with Gasteiger partial charge in [-0.1, -0.05) is 17.2 Å². The maximum Gasteiger partial charge on any atom is 0.333 e. The van der Waals surface area contributed by atoms with Crippen molar-refractivity contribution in [3.63, 3.8) is 0 Å². The first-order chi connectivity index (χ1) is 11.0. The minimum atomic E-state index is -0.841. The number of carbonyl (C=O) groups excluding carboxylic acids is 5. The molecule has 1 N–H and O–H groups in total. The van der Waals surface area contributed by atoms with E-state index in [-0.39, 0.29) is 30.4 Å². The molecule has 3 rings (SSSR count). The third kappa shape index (κ3) is 2.83. The van der Waals surface area contributed by atoms with E-state index in [0.29, 0.717) is 5.06 Å². The van der Waals surface area contributed by atoms with E-state index in [1.165, 1.54) is 12.1 Å². The van der Waals surface area contributed by atoms with E-state index in [9.17, 15) is 24.0 Å². The Morgan fingerprint density at radius 1 is 1.04 bits per heavy atom. The van der Waals surface area contributed by atoms with Crippen LogP contribution in [0, 0.1) is 5.92 Å². The Bertz CT molecular complexity index is 690. The Balaban J connectivity index is 1.65. The first-order valence-corrected chi connectivity index (χ1v) is 6.97. The lowest BCUT2D eigenvalue weighted by atomic mass is 9.94. The number of carbonyl (C=O) groups is 5. The fourth-order valence-corrected chi connectivity index (χ4v) is 2.62. The monoisotopic (exact) mass is 316 g/mol. The number of nitrogens with one attached hydrogen (secondary N) is 1. The van der Waals surface area contributed by atoms with E-state index in [4.69, 9.17) is 4.84 Å². The first kappa shape index (κ1) is 14.9. The molecule has 0 bridgehead atoms. The Morgan fingerprint density at radius 2 is 1.57 bits per heavy atom. The zero-order chi connectivity index (χ0) is 16.6. The van der Waals surface area contributed by atoms with Gasteiger partial charge in [0.2, 0.25) is 11.8 Å². The number of nitrogens with zero attached hydrogens (tertiary/aromatic N) is 1. The van der Waals surface area contributed by atoms with Gasteiger partial charge in [0.15, 0.2) is 0 Å². The number of amides is 4. The second-order valence-corrected chi connectivity index (χ2v) is 5.36. The van der Waals surface area contributed by atoms with E-state index in [1.54, 1.807) is 12.1 Å². The predicted molar refractivity (Wildman–Crippen MR) is 73.5 cm³/mol. The van der Waals surface area contributed by atoms with Crippen LogP contribution in [0.5, 0.6) is 0 Å². The molecule has 0 unspecified atom stereocenters. The Kier molecular flexibility index (Phi) is 3.65. The van der Waals surface area contributed by atoms with Gasteiger partial charge in [-0.2, -0.15) is 0 Å². The van der Waals surface area contributed by atoms with Crippen LogP contribution in [-0.2, 0) is 19.2 Å². The molecule has 0 aromatic heterocycles. The molecule has 2 aliphatic rings. The van der Waals surface area contributed by atoms with Gasteiger partial charge in [0.05, 0.1) is 17.5 Å². The molecule has 1 saturated heterocycles. The largest absolute Gasteiger partial charge is 0.333 e. The summed E-state index contributed by atoms with van der Waals surface area (Å²) in [5.74, 6) is -3.68. The van der Waals surface area contributed by atoms with Gasteiger partial charge in [-0.3, -0.25) is 24.5 Å². The predicted octanol–water partition coefficient (Wildman–Crippen LogP) is 0.184. The molecule has 0 aliphatic carbocycles. The zero-order valence-electron chi connectivity index (χ0n) is 11.9. The summed E-state index contributed by atoms with van der Waals surface area (Å²) in [6.45, 7) is 0. The van der Waals surface area contributed by atoms with Crippen molar-refractivity contribution in [3.05, 3.63) is 35.4 Å². The summed E-state index contributed by atoms with van der Waals surface area (Å²) in [5.41, 5.74) is 0.329. The quantitative estimate of drug-likeness (QED) is 0.797. The Hall–Kier alpha value is -3.03. The smallest absolute Gasteiger partial charge is 0.330 e. The summed E-state index contributed by atoms with van der Waals surface area (Å²) in [6, 6.07) is 6.13. The van der Waals surface area contributed by atoms with Gasteiger partial charge in [-0.05, 0) is 18.1 Å². The molecular weight excluding hydrogens is 304 g/mol. The van der Waals surface area contributed by atoms with E-state index in [2.05, 4.69) is 5.32 Å². The minimum absolute atomic E-state index is 0.0168. The molecule has 1 aromatic carbocycles. The van der Waals surface area contributed by atoms with Crippen LogP contribution in [0.3, 0.4) is 0 Å². The van der Waals surface area contributed by atoms with Gasteiger partial charge in [0.1, 0.15) is 0 Å². The second kappa shape index (κ2) is 5.64. The van der Waals surface area contributed by atoms with Crippen LogP contribution >= 0.6 is 0 Å². The highest BCUT2D eigenvalue weighted by Crippen LogP contribution is 2.24. The summed E-state index contributed by atoms with van der Waals surface area (Å²) in [7, 11) is 0. The molecule has 8 heteroatoms. The van der Waals surface area contributed by atoms with Crippen LogP contribution in [0.15, 0.2) is 24.3 Å². The number of hydrogen-bond donors (Lipinski definition) is 1. The number of piperidine rings is 1. The maximum atomic E-state index is 12.0. The topological polar surface area (TPSA) is 110 Å². The molecule has 0 radical (unpaired) electrons. The van der Waals surface area contributed by atoms with Gasteiger partial charge < -0.3 is 4.84 Å². The van der Waals surface area contributed by atoms with Crippen LogP contribution in [-0.4, -0.2) is 34.7 Å². The number of hydrogen-bond acceptors (Lipinski definition) is 6. The summed E-state index contributed by atoms with van der Waals surface area (Å²) >= 11 is 0. The van der Waals surface area contributed by atoms with Crippen molar-refractivity contribution in [1.29, 1.82) is 0 Å². The Morgan fingerprint density at radius 3 is 2.09 bits per heavy atom. The molecule has 118 valence electrons. The van der Waals surface area contributed by atoms with Crippen LogP contribution in [0.4, 0.5) is 0 Å². The van der Waals surface area contributed by atoms with Crippen molar-refractivity contribution in [2.45, 2.75) is 19.3 Å². The lowest BCUT2D eigenvalue weighted by Gasteiger charge is -2.20. The van der Waals surface area contributed by atoms with Crippen LogP contribution in [0.1, 0.15) is 40.0 Å². The van der Waals surface area contributed by atoms with Crippen molar-refractivity contribution < 1.29 is 28.8 Å². The molecule has 2 heterocycles. The van der Waals surface area contributed by atoms with Crippen molar-refractivity contribution >= 4 is 29.6 Å². The lowest BCUT2D eigenvalue weighted by molar-refractivity contribution is -0.170. The van der Waals surface area contributed by atoms with Crippen molar-refractivity contribution in [3.8, 4) is 0 Å². The van der Waals surface area contributed by atoms with Crippen molar-refractivity contribution in [1.82, 2.24) is 10.4 Å².